The molecule has 1 unspecified atom stereocenters. The molecule has 1 aliphatic rings. The summed E-state index contributed by atoms with van der Waals surface area (Å²) in [5.74, 6) is -0.161. The first-order chi connectivity index (χ1) is 13.3. The minimum atomic E-state index is -3.46. The van der Waals surface area contributed by atoms with Crippen molar-refractivity contribution in [2.24, 2.45) is 0 Å². The van der Waals surface area contributed by atoms with Crippen LogP contribution in [0.5, 0.6) is 0 Å². The SMILES string of the molecule is CCN(CC)C(=S)SC(C)C(=O)Nc1ccc(S(=O)(=O)N2CCCCC2)cc1. The molecule has 28 heavy (non-hydrogen) atoms. The van der Waals surface area contributed by atoms with Gasteiger partial charge in [0.25, 0.3) is 0 Å². The zero-order valence-electron chi connectivity index (χ0n) is 16.7. The monoisotopic (exact) mass is 443 g/mol. The first kappa shape index (κ1) is 23.1. The summed E-state index contributed by atoms with van der Waals surface area (Å²) in [6.07, 6.45) is 2.88. The van der Waals surface area contributed by atoms with Crippen molar-refractivity contribution in [3.8, 4) is 0 Å². The fourth-order valence-electron chi connectivity index (χ4n) is 2.97. The molecule has 1 aliphatic heterocycles. The Hall–Kier alpha value is -1.16. The number of rotatable bonds is 7. The average Bonchev–Trinajstić information content (AvgIpc) is 2.70. The highest BCUT2D eigenvalue weighted by Gasteiger charge is 2.26. The Bertz CT molecular complexity index is 771. The van der Waals surface area contributed by atoms with Crippen molar-refractivity contribution < 1.29 is 13.2 Å². The minimum Gasteiger partial charge on any atom is -0.358 e. The van der Waals surface area contributed by atoms with E-state index < -0.39 is 10.0 Å². The number of nitrogens with zero attached hydrogens (tertiary/aromatic N) is 2. The van der Waals surface area contributed by atoms with E-state index in [1.54, 1.807) is 24.3 Å². The third-order valence-corrected chi connectivity index (χ3v) is 8.23. The quantitative estimate of drug-likeness (QED) is 0.650. The Balaban J connectivity index is 1.97. The molecule has 1 fully saturated rings. The summed E-state index contributed by atoms with van der Waals surface area (Å²) in [6, 6.07) is 6.37. The summed E-state index contributed by atoms with van der Waals surface area (Å²) in [6.45, 7) is 8.63. The minimum absolute atomic E-state index is 0.161. The lowest BCUT2D eigenvalue weighted by Gasteiger charge is -2.26. The molecule has 1 aromatic rings. The molecule has 1 atom stereocenters. The number of piperidine rings is 1. The molecule has 6 nitrogen and oxygen atoms in total. The number of nitrogens with one attached hydrogen (secondary N) is 1. The van der Waals surface area contributed by atoms with Gasteiger partial charge in [-0.1, -0.05) is 30.4 Å². The largest absolute Gasteiger partial charge is 0.358 e. The standard InChI is InChI=1S/C19H29N3O3S3/c1-4-21(5-2)19(26)27-15(3)18(23)20-16-9-11-17(12-10-16)28(24,25)22-13-7-6-8-14-22/h9-12,15H,4-8,13-14H2,1-3H3,(H,20,23). The van der Waals surface area contributed by atoms with Gasteiger partial charge in [0, 0.05) is 31.9 Å². The van der Waals surface area contributed by atoms with E-state index in [0.29, 0.717) is 23.1 Å². The summed E-state index contributed by atoms with van der Waals surface area (Å²) < 4.78 is 27.6. The first-order valence-corrected chi connectivity index (χ1v) is 12.4. The first-order valence-electron chi connectivity index (χ1n) is 9.66. The molecule has 1 amide bonds. The Morgan fingerprint density at radius 1 is 1.18 bits per heavy atom. The normalized spacial score (nSPS) is 16.4. The Labute approximate surface area is 178 Å². The second-order valence-electron chi connectivity index (χ2n) is 6.68. The predicted molar refractivity (Wildman–Crippen MR) is 120 cm³/mol. The van der Waals surface area contributed by atoms with Gasteiger partial charge in [0.15, 0.2) is 0 Å². The lowest BCUT2D eigenvalue weighted by molar-refractivity contribution is -0.115. The molecule has 1 heterocycles. The summed E-state index contributed by atoms with van der Waals surface area (Å²) in [5, 5.41) is 2.49. The van der Waals surface area contributed by atoms with Crippen molar-refractivity contribution in [2.45, 2.75) is 50.2 Å². The fourth-order valence-corrected chi connectivity index (χ4v) is 6.05. The number of sulfonamides is 1. The van der Waals surface area contributed by atoms with Gasteiger partial charge in [0.1, 0.15) is 4.32 Å². The summed E-state index contributed by atoms with van der Waals surface area (Å²) >= 11 is 6.74. The molecule has 0 bridgehead atoms. The highest BCUT2D eigenvalue weighted by molar-refractivity contribution is 8.23. The van der Waals surface area contributed by atoms with Crippen LogP contribution in [0.1, 0.15) is 40.0 Å². The fraction of sp³-hybridized carbons (Fsp3) is 0.579. The van der Waals surface area contributed by atoms with Crippen LogP contribution in [0.4, 0.5) is 5.69 Å². The maximum absolute atomic E-state index is 12.7. The maximum Gasteiger partial charge on any atom is 0.243 e. The molecule has 9 heteroatoms. The summed E-state index contributed by atoms with van der Waals surface area (Å²) in [7, 11) is -3.46. The van der Waals surface area contributed by atoms with Crippen LogP contribution in [-0.4, -0.2) is 59.3 Å². The number of amides is 1. The number of hydrogen-bond acceptors (Lipinski definition) is 5. The van der Waals surface area contributed by atoms with Crippen LogP contribution in [0.2, 0.25) is 0 Å². The lowest BCUT2D eigenvalue weighted by Crippen LogP contribution is -2.35. The summed E-state index contributed by atoms with van der Waals surface area (Å²) in [4.78, 5) is 14.7. The number of thioether (sulfide) groups is 1. The number of hydrogen-bond donors (Lipinski definition) is 1. The van der Waals surface area contributed by atoms with Gasteiger partial charge in [-0.15, -0.1) is 0 Å². The van der Waals surface area contributed by atoms with E-state index in [0.717, 1.165) is 32.4 Å². The zero-order chi connectivity index (χ0) is 20.7. The van der Waals surface area contributed by atoms with Crippen molar-refractivity contribution >= 4 is 49.9 Å². The molecular formula is C19H29N3O3S3. The third kappa shape index (κ3) is 5.92. The van der Waals surface area contributed by atoms with Gasteiger partial charge in [0.2, 0.25) is 15.9 Å². The average molecular weight is 444 g/mol. The van der Waals surface area contributed by atoms with Crippen molar-refractivity contribution in [1.29, 1.82) is 0 Å². The third-order valence-electron chi connectivity index (χ3n) is 4.74. The van der Waals surface area contributed by atoms with Gasteiger partial charge in [-0.2, -0.15) is 4.31 Å². The number of anilines is 1. The number of carbonyl (C=O) groups excluding carboxylic acids is 1. The highest BCUT2D eigenvalue weighted by Crippen LogP contribution is 2.23. The van der Waals surface area contributed by atoms with E-state index in [1.807, 2.05) is 25.7 Å². The van der Waals surface area contributed by atoms with E-state index in [9.17, 15) is 13.2 Å². The van der Waals surface area contributed by atoms with Gasteiger partial charge in [-0.25, -0.2) is 8.42 Å². The van der Waals surface area contributed by atoms with Crippen LogP contribution in [0.3, 0.4) is 0 Å². The van der Waals surface area contributed by atoms with E-state index in [-0.39, 0.29) is 16.1 Å². The van der Waals surface area contributed by atoms with Gasteiger partial charge in [-0.05, 0) is 57.9 Å². The lowest BCUT2D eigenvalue weighted by atomic mass is 10.2. The smallest absolute Gasteiger partial charge is 0.243 e. The van der Waals surface area contributed by atoms with E-state index in [4.69, 9.17) is 12.2 Å². The second kappa shape index (κ2) is 10.6. The highest BCUT2D eigenvalue weighted by atomic mass is 32.2. The Morgan fingerprint density at radius 3 is 2.29 bits per heavy atom. The molecule has 0 saturated carbocycles. The Morgan fingerprint density at radius 2 is 1.75 bits per heavy atom. The molecule has 156 valence electrons. The van der Waals surface area contributed by atoms with Crippen LogP contribution in [0.25, 0.3) is 0 Å². The molecule has 1 N–H and O–H groups in total. The van der Waals surface area contributed by atoms with Crippen molar-refractivity contribution in [3.63, 3.8) is 0 Å². The molecule has 0 aliphatic carbocycles. The number of benzene rings is 1. The molecule has 1 aromatic carbocycles. The topological polar surface area (TPSA) is 69.7 Å². The van der Waals surface area contributed by atoms with Gasteiger partial charge in [-0.3, -0.25) is 4.79 Å². The van der Waals surface area contributed by atoms with Crippen molar-refractivity contribution in [1.82, 2.24) is 9.21 Å². The van der Waals surface area contributed by atoms with Crippen LogP contribution < -0.4 is 5.32 Å². The molecule has 0 aromatic heterocycles. The molecule has 2 rings (SSSR count). The Kier molecular flexibility index (Phi) is 8.73. The summed E-state index contributed by atoms with van der Waals surface area (Å²) in [5.41, 5.74) is 0.573. The van der Waals surface area contributed by atoms with E-state index >= 15 is 0 Å². The van der Waals surface area contributed by atoms with Gasteiger partial charge in [0.05, 0.1) is 10.1 Å². The van der Waals surface area contributed by atoms with E-state index in [1.165, 1.54) is 16.1 Å². The van der Waals surface area contributed by atoms with Gasteiger partial charge < -0.3 is 10.2 Å². The number of thiocarbonyl (C=S) groups is 1. The van der Waals surface area contributed by atoms with E-state index in [2.05, 4.69) is 5.32 Å². The zero-order valence-corrected chi connectivity index (χ0v) is 19.1. The molecule has 0 spiro atoms. The molecular weight excluding hydrogens is 414 g/mol. The second-order valence-corrected chi connectivity index (χ2v) is 10.6. The van der Waals surface area contributed by atoms with Crippen molar-refractivity contribution in [2.75, 3.05) is 31.5 Å². The maximum atomic E-state index is 12.7. The molecule has 0 radical (unpaired) electrons. The van der Waals surface area contributed by atoms with Crippen LogP contribution in [-0.2, 0) is 14.8 Å². The number of carbonyl (C=O) groups is 1. The van der Waals surface area contributed by atoms with Crippen LogP contribution in [0.15, 0.2) is 29.2 Å². The predicted octanol–water partition coefficient (Wildman–Crippen LogP) is 3.55. The van der Waals surface area contributed by atoms with Crippen molar-refractivity contribution in [3.05, 3.63) is 24.3 Å². The molecule has 1 saturated heterocycles. The van der Waals surface area contributed by atoms with Crippen LogP contribution in [0, 0.1) is 0 Å². The van der Waals surface area contributed by atoms with Crippen LogP contribution >= 0.6 is 24.0 Å². The van der Waals surface area contributed by atoms with Gasteiger partial charge >= 0.3 is 0 Å².